The Morgan fingerprint density at radius 1 is 1.44 bits per heavy atom. The lowest BCUT2D eigenvalue weighted by Gasteiger charge is -2.20. The number of nitrogens with two attached hydrogens (primary N) is 1. The monoisotopic (exact) mass is 248 g/mol. The average Bonchev–Trinajstić information content (AvgIpc) is 2.94. The summed E-state index contributed by atoms with van der Waals surface area (Å²) >= 11 is 0. The number of nitrogens with one attached hydrogen (secondary N) is 1. The van der Waals surface area contributed by atoms with Crippen LogP contribution in [0.3, 0.4) is 0 Å². The van der Waals surface area contributed by atoms with Crippen molar-refractivity contribution in [2.24, 2.45) is 0 Å². The highest BCUT2D eigenvalue weighted by Crippen LogP contribution is 2.34. The molecule has 2 aliphatic rings. The summed E-state index contributed by atoms with van der Waals surface area (Å²) < 4.78 is 5.68. The van der Waals surface area contributed by atoms with Gasteiger partial charge < -0.3 is 20.9 Å². The van der Waals surface area contributed by atoms with Crippen molar-refractivity contribution in [3.63, 3.8) is 0 Å². The molecule has 0 aliphatic carbocycles. The van der Waals surface area contributed by atoms with Crippen LogP contribution in [0.4, 0.5) is 5.69 Å². The second-order valence-corrected chi connectivity index (χ2v) is 4.96. The van der Waals surface area contributed by atoms with Gasteiger partial charge in [0, 0.05) is 5.69 Å². The van der Waals surface area contributed by atoms with Crippen LogP contribution >= 0.6 is 0 Å². The van der Waals surface area contributed by atoms with Crippen LogP contribution in [-0.2, 0) is 4.74 Å². The predicted octanol–water partition coefficient (Wildman–Crippen LogP) is 1.02. The average molecular weight is 248 g/mol. The van der Waals surface area contributed by atoms with Crippen molar-refractivity contribution in [2.75, 3.05) is 5.73 Å². The quantitative estimate of drug-likeness (QED) is 0.539. The van der Waals surface area contributed by atoms with Gasteiger partial charge in [0.2, 0.25) is 0 Å². The zero-order valence-corrected chi connectivity index (χ0v) is 9.93. The van der Waals surface area contributed by atoms with Crippen LogP contribution in [-0.4, -0.2) is 29.3 Å². The molecule has 0 aromatic heterocycles. The van der Waals surface area contributed by atoms with E-state index in [0.29, 0.717) is 17.4 Å². The van der Waals surface area contributed by atoms with Gasteiger partial charge in [0.1, 0.15) is 5.75 Å². The lowest BCUT2D eigenvalue weighted by Crippen LogP contribution is -2.41. The SMILES string of the molecule is Nc1ccc(O)cc1C(=O)NC1CC2CCC1O2. The van der Waals surface area contributed by atoms with Crippen molar-refractivity contribution in [3.05, 3.63) is 23.8 Å². The number of carbonyl (C=O) groups excluding carboxylic acids is 1. The Hall–Kier alpha value is -1.75. The number of phenolic OH excluding ortho intramolecular Hbond substituents is 1. The second-order valence-electron chi connectivity index (χ2n) is 4.96. The molecule has 5 heteroatoms. The van der Waals surface area contributed by atoms with E-state index in [4.69, 9.17) is 10.5 Å². The Morgan fingerprint density at radius 2 is 2.28 bits per heavy atom. The first-order valence-corrected chi connectivity index (χ1v) is 6.18. The van der Waals surface area contributed by atoms with Crippen LogP contribution in [0, 0.1) is 0 Å². The molecule has 1 aromatic carbocycles. The maximum atomic E-state index is 12.1. The fourth-order valence-electron chi connectivity index (χ4n) is 2.78. The van der Waals surface area contributed by atoms with E-state index in [1.807, 2.05) is 0 Å². The molecule has 4 N–H and O–H groups in total. The van der Waals surface area contributed by atoms with Crippen molar-refractivity contribution < 1.29 is 14.6 Å². The number of benzene rings is 1. The van der Waals surface area contributed by atoms with Crippen molar-refractivity contribution in [3.8, 4) is 5.75 Å². The molecule has 0 radical (unpaired) electrons. The Kier molecular flexibility index (Phi) is 2.63. The third-order valence-corrected chi connectivity index (χ3v) is 3.70. The molecule has 5 nitrogen and oxygen atoms in total. The molecule has 1 aromatic rings. The third-order valence-electron chi connectivity index (χ3n) is 3.70. The van der Waals surface area contributed by atoms with Crippen LogP contribution < -0.4 is 11.1 Å². The highest BCUT2D eigenvalue weighted by atomic mass is 16.5. The molecule has 2 fully saturated rings. The number of ether oxygens (including phenoxy) is 1. The summed E-state index contributed by atoms with van der Waals surface area (Å²) in [5, 5.41) is 12.3. The van der Waals surface area contributed by atoms with Crippen LogP contribution in [0.25, 0.3) is 0 Å². The molecule has 2 bridgehead atoms. The number of hydrogen-bond acceptors (Lipinski definition) is 4. The fourth-order valence-corrected chi connectivity index (χ4v) is 2.78. The summed E-state index contributed by atoms with van der Waals surface area (Å²) in [5.74, 6) is -0.205. The van der Waals surface area contributed by atoms with Gasteiger partial charge in [-0.15, -0.1) is 0 Å². The predicted molar refractivity (Wildman–Crippen MR) is 66.3 cm³/mol. The topological polar surface area (TPSA) is 84.6 Å². The number of aromatic hydroxyl groups is 1. The van der Waals surface area contributed by atoms with Gasteiger partial charge >= 0.3 is 0 Å². The molecule has 3 rings (SSSR count). The maximum Gasteiger partial charge on any atom is 0.253 e. The standard InChI is InChI=1S/C13H16N2O3/c14-10-3-1-7(16)5-9(10)13(17)15-11-6-8-2-4-12(11)18-8/h1,3,5,8,11-12,16H,2,4,6,14H2,(H,15,17). The van der Waals surface area contributed by atoms with Crippen molar-refractivity contribution >= 4 is 11.6 Å². The van der Waals surface area contributed by atoms with Gasteiger partial charge in [-0.2, -0.15) is 0 Å². The Morgan fingerprint density at radius 3 is 2.94 bits per heavy atom. The summed E-state index contributed by atoms with van der Waals surface area (Å²) in [4.78, 5) is 12.1. The molecule has 3 atom stereocenters. The Bertz CT molecular complexity index is 489. The van der Waals surface area contributed by atoms with E-state index in [0.717, 1.165) is 19.3 Å². The number of amides is 1. The van der Waals surface area contributed by atoms with E-state index >= 15 is 0 Å². The van der Waals surface area contributed by atoms with Crippen LogP contribution in [0.15, 0.2) is 18.2 Å². The van der Waals surface area contributed by atoms with Crippen molar-refractivity contribution in [2.45, 2.75) is 37.5 Å². The maximum absolute atomic E-state index is 12.1. The normalized spacial score (nSPS) is 29.4. The molecule has 2 saturated heterocycles. The smallest absolute Gasteiger partial charge is 0.253 e. The number of hydrogen-bond donors (Lipinski definition) is 3. The molecule has 18 heavy (non-hydrogen) atoms. The minimum atomic E-state index is -0.246. The van der Waals surface area contributed by atoms with E-state index in [1.165, 1.54) is 18.2 Å². The van der Waals surface area contributed by atoms with Crippen molar-refractivity contribution in [1.29, 1.82) is 0 Å². The fraction of sp³-hybridized carbons (Fsp3) is 0.462. The van der Waals surface area contributed by atoms with Gasteiger partial charge in [-0.25, -0.2) is 0 Å². The second kappa shape index (κ2) is 4.17. The number of phenols is 1. The zero-order chi connectivity index (χ0) is 12.7. The van der Waals surface area contributed by atoms with Gasteiger partial charge in [-0.1, -0.05) is 0 Å². The first-order chi connectivity index (χ1) is 8.63. The minimum Gasteiger partial charge on any atom is -0.508 e. The van der Waals surface area contributed by atoms with Crippen LogP contribution in [0.2, 0.25) is 0 Å². The van der Waals surface area contributed by atoms with E-state index < -0.39 is 0 Å². The highest BCUT2D eigenvalue weighted by Gasteiger charge is 2.41. The number of anilines is 1. The minimum absolute atomic E-state index is 0.0403. The molecular formula is C13H16N2O3. The molecule has 2 heterocycles. The molecule has 1 amide bonds. The lowest BCUT2D eigenvalue weighted by molar-refractivity contribution is 0.0841. The Labute approximate surface area is 105 Å². The summed E-state index contributed by atoms with van der Waals surface area (Å²) in [6, 6.07) is 4.45. The molecule has 0 spiro atoms. The van der Waals surface area contributed by atoms with Gasteiger partial charge in [-0.3, -0.25) is 4.79 Å². The largest absolute Gasteiger partial charge is 0.508 e. The molecule has 0 saturated carbocycles. The van der Waals surface area contributed by atoms with Gasteiger partial charge in [0.05, 0.1) is 23.8 Å². The molecule has 96 valence electrons. The molecule has 2 aliphatic heterocycles. The first kappa shape index (κ1) is 11.3. The Balaban J connectivity index is 1.73. The number of rotatable bonds is 2. The van der Waals surface area contributed by atoms with Crippen LogP contribution in [0.5, 0.6) is 5.75 Å². The summed E-state index contributed by atoms with van der Waals surface area (Å²) in [5.41, 5.74) is 6.42. The van der Waals surface area contributed by atoms with E-state index in [1.54, 1.807) is 0 Å². The molecule has 3 unspecified atom stereocenters. The van der Waals surface area contributed by atoms with Gasteiger partial charge in [0.25, 0.3) is 5.91 Å². The van der Waals surface area contributed by atoms with Crippen LogP contribution in [0.1, 0.15) is 29.6 Å². The third kappa shape index (κ3) is 1.90. The van der Waals surface area contributed by atoms with Crippen molar-refractivity contribution in [1.82, 2.24) is 5.32 Å². The van der Waals surface area contributed by atoms with E-state index in [2.05, 4.69) is 5.32 Å². The number of fused-ring (bicyclic) bond motifs is 2. The summed E-state index contributed by atoms with van der Waals surface area (Å²) in [7, 11) is 0. The zero-order valence-electron chi connectivity index (χ0n) is 9.93. The van der Waals surface area contributed by atoms with E-state index in [9.17, 15) is 9.90 Å². The number of nitrogen functional groups attached to an aromatic ring is 1. The van der Waals surface area contributed by atoms with E-state index in [-0.39, 0.29) is 23.8 Å². The molecular weight excluding hydrogens is 232 g/mol. The number of carbonyl (C=O) groups is 1. The summed E-state index contributed by atoms with van der Waals surface area (Å²) in [6.45, 7) is 0. The van der Waals surface area contributed by atoms with Gasteiger partial charge in [0.15, 0.2) is 0 Å². The van der Waals surface area contributed by atoms with Gasteiger partial charge in [-0.05, 0) is 37.5 Å². The first-order valence-electron chi connectivity index (χ1n) is 6.18. The lowest BCUT2D eigenvalue weighted by atomic mass is 9.95. The summed E-state index contributed by atoms with van der Waals surface area (Å²) in [6.07, 6.45) is 3.39. The highest BCUT2D eigenvalue weighted by molar-refractivity contribution is 5.99.